The number of benzene rings is 4. The van der Waals surface area contributed by atoms with Crippen molar-refractivity contribution >= 4 is 11.4 Å². The third-order valence-corrected chi connectivity index (χ3v) is 4.93. The van der Waals surface area contributed by atoms with Gasteiger partial charge >= 0.3 is 0 Å². The predicted molar refractivity (Wildman–Crippen MR) is 126 cm³/mol. The molecule has 0 amide bonds. The van der Waals surface area contributed by atoms with Crippen molar-refractivity contribution in [3.05, 3.63) is 144 Å². The van der Waals surface area contributed by atoms with Crippen LogP contribution in [0.4, 0.5) is 0 Å². The Balaban J connectivity index is 1.72. The summed E-state index contributed by atoms with van der Waals surface area (Å²) in [6.07, 6.45) is 1.48. The molecule has 4 aromatic carbocycles. The van der Waals surface area contributed by atoms with Gasteiger partial charge in [0.15, 0.2) is 0 Å². The maximum Gasteiger partial charge on any atom is 0.0746 e. The summed E-state index contributed by atoms with van der Waals surface area (Å²) in [6, 6.07) is 41.4. The normalized spacial score (nSPS) is 12.0. The lowest BCUT2D eigenvalue weighted by Gasteiger charge is -2.08. The molecule has 0 fully saturated rings. The van der Waals surface area contributed by atoms with Crippen LogP contribution in [0.5, 0.6) is 0 Å². The highest BCUT2D eigenvalue weighted by Crippen LogP contribution is 2.12. The maximum atomic E-state index is 4.77. The Bertz CT molecular complexity index is 1010. The molecule has 0 radical (unpaired) electrons. The standard InChI is InChI=1S/C28H24N2/c1-5-13-23(14-6-1)21-27(25-17-9-3-10-18-25)29-30-28(26-19-11-4-12-20-26)22-24-15-7-2-8-16-24/h1-20H,21-22H2/b29-27-,30-28+. The Morgan fingerprint density at radius 1 is 0.400 bits per heavy atom. The van der Waals surface area contributed by atoms with Crippen molar-refractivity contribution in [1.82, 2.24) is 0 Å². The molecule has 0 N–H and O–H groups in total. The molecule has 0 spiro atoms. The van der Waals surface area contributed by atoms with Gasteiger partial charge in [0.1, 0.15) is 0 Å². The number of rotatable bonds is 7. The minimum atomic E-state index is 0.738. The van der Waals surface area contributed by atoms with E-state index in [0.717, 1.165) is 35.4 Å². The second-order valence-corrected chi connectivity index (χ2v) is 7.15. The molecule has 0 saturated carbocycles. The molecular formula is C28H24N2. The van der Waals surface area contributed by atoms with Crippen molar-refractivity contribution in [2.24, 2.45) is 10.2 Å². The zero-order chi connectivity index (χ0) is 20.4. The fourth-order valence-corrected chi connectivity index (χ4v) is 3.35. The summed E-state index contributed by atoms with van der Waals surface area (Å²) in [7, 11) is 0. The molecule has 0 aliphatic rings. The molecule has 0 aliphatic heterocycles. The fraction of sp³-hybridized carbons (Fsp3) is 0.0714. The molecular weight excluding hydrogens is 364 g/mol. The average Bonchev–Trinajstić information content (AvgIpc) is 2.83. The van der Waals surface area contributed by atoms with Crippen LogP contribution in [0.1, 0.15) is 22.3 Å². The molecule has 0 saturated heterocycles. The molecule has 4 aromatic rings. The average molecular weight is 389 g/mol. The van der Waals surface area contributed by atoms with E-state index in [1.54, 1.807) is 0 Å². The maximum absolute atomic E-state index is 4.77. The van der Waals surface area contributed by atoms with Gasteiger partial charge in [-0.3, -0.25) is 0 Å². The first kappa shape index (κ1) is 19.5. The van der Waals surface area contributed by atoms with Crippen LogP contribution in [0, 0.1) is 0 Å². The predicted octanol–water partition coefficient (Wildman–Crippen LogP) is 6.37. The molecule has 30 heavy (non-hydrogen) atoms. The second-order valence-electron chi connectivity index (χ2n) is 7.15. The van der Waals surface area contributed by atoms with E-state index in [4.69, 9.17) is 10.2 Å². The molecule has 0 aromatic heterocycles. The lowest BCUT2D eigenvalue weighted by atomic mass is 10.0. The van der Waals surface area contributed by atoms with E-state index in [1.807, 2.05) is 48.5 Å². The van der Waals surface area contributed by atoms with Crippen LogP contribution in [-0.4, -0.2) is 11.4 Å². The first-order valence-electron chi connectivity index (χ1n) is 10.2. The summed E-state index contributed by atoms with van der Waals surface area (Å²) in [5.41, 5.74) is 6.56. The van der Waals surface area contributed by atoms with Crippen LogP contribution >= 0.6 is 0 Å². The minimum Gasteiger partial charge on any atom is -0.154 e. The molecule has 0 bridgehead atoms. The van der Waals surface area contributed by atoms with Gasteiger partial charge in [0, 0.05) is 12.8 Å². The Labute approximate surface area is 178 Å². The molecule has 146 valence electrons. The van der Waals surface area contributed by atoms with Gasteiger partial charge in [-0.15, -0.1) is 0 Å². The molecule has 4 rings (SSSR count). The van der Waals surface area contributed by atoms with Crippen LogP contribution in [0.3, 0.4) is 0 Å². The quantitative estimate of drug-likeness (QED) is 0.260. The minimum absolute atomic E-state index is 0.738. The lowest BCUT2D eigenvalue weighted by Crippen LogP contribution is -2.08. The monoisotopic (exact) mass is 388 g/mol. The van der Waals surface area contributed by atoms with Crippen molar-refractivity contribution in [2.75, 3.05) is 0 Å². The molecule has 0 unspecified atom stereocenters. The summed E-state index contributed by atoms with van der Waals surface area (Å²) in [5.74, 6) is 0. The van der Waals surface area contributed by atoms with E-state index in [1.165, 1.54) is 11.1 Å². The Morgan fingerprint density at radius 3 is 1.03 bits per heavy atom. The molecule has 2 heteroatoms. The molecule has 0 aliphatic carbocycles. The topological polar surface area (TPSA) is 24.7 Å². The lowest BCUT2D eigenvalue weighted by molar-refractivity contribution is 1.15. The zero-order valence-corrected chi connectivity index (χ0v) is 16.9. The molecule has 0 heterocycles. The van der Waals surface area contributed by atoms with Crippen molar-refractivity contribution in [1.29, 1.82) is 0 Å². The third kappa shape index (κ3) is 5.39. The number of nitrogens with zero attached hydrogens (tertiary/aromatic N) is 2. The number of hydrogen-bond donors (Lipinski definition) is 0. The second kappa shape index (κ2) is 10.1. The van der Waals surface area contributed by atoms with Gasteiger partial charge in [0.25, 0.3) is 0 Å². The smallest absolute Gasteiger partial charge is 0.0746 e. The first-order chi connectivity index (χ1) is 14.9. The van der Waals surface area contributed by atoms with Gasteiger partial charge in [0.2, 0.25) is 0 Å². The summed E-state index contributed by atoms with van der Waals surface area (Å²) in [5, 5.41) is 9.53. The summed E-state index contributed by atoms with van der Waals surface area (Å²) in [4.78, 5) is 0. The van der Waals surface area contributed by atoms with Gasteiger partial charge in [-0.05, 0) is 22.3 Å². The highest BCUT2D eigenvalue weighted by atomic mass is 15.2. The van der Waals surface area contributed by atoms with Crippen LogP contribution < -0.4 is 0 Å². The van der Waals surface area contributed by atoms with Crippen LogP contribution in [0.25, 0.3) is 0 Å². The SMILES string of the molecule is c1ccc(C/C(=N/N=C(\Cc2ccccc2)c2ccccc2)c2ccccc2)cc1. The van der Waals surface area contributed by atoms with Gasteiger partial charge in [-0.25, -0.2) is 0 Å². The van der Waals surface area contributed by atoms with Crippen molar-refractivity contribution < 1.29 is 0 Å². The van der Waals surface area contributed by atoms with E-state index in [0.29, 0.717) is 0 Å². The van der Waals surface area contributed by atoms with Crippen LogP contribution in [0.15, 0.2) is 132 Å². The first-order valence-corrected chi connectivity index (χ1v) is 10.2. The summed E-state index contributed by atoms with van der Waals surface area (Å²) >= 11 is 0. The van der Waals surface area contributed by atoms with Crippen LogP contribution in [0.2, 0.25) is 0 Å². The van der Waals surface area contributed by atoms with Crippen molar-refractivity contribution in [3.8, 4) is 0 Å². The number of hydrogen-bond acceptors (Lipinski definition) is 2. The Morgan fingerprint density at radius 2 is 0.700 bits per heavy atom. The van der Waals surface area contributed by atoms with Gasteiger partial charge in [0.05, 0.1) is 11.4 Å². The molecule has 0 atom stereocenters. The molecule has 2 nitrogen and oxygen atoms in total. The van der Waals surface area contributed by atoms with Gasteiger partial charge in [-0.1, -0.05) is 121 Å². The third-order valence-electron chi connectivity index (χ3n) is 4.93. The summed E-state index contributed by atoms with van der Waals surface area (Å²) in [6.45, 7) is 0. The van der Waals surface area contributed by atoms with Crippen molar-refractivity contribution in [2.45, 2.75) is 12.8 Å². The van der Waals surface area contributed by atoms with Crippen molar-refractivity contribution in [3.63, 3.8) is 0 Å². The van der Waals surface area contributed by atoms with E-state index < -0.39 is 0 Å². The summed E-state index contributed by atoms with van der Waals surface area (Å²) < 4.78 is 0. The van der Waals surface area contributed by atoms with Crippen LogP contribution in [-0.2, 0) is 12.8 Å². The van der Waals surface area contributed by atoms with E-state index in [9.17, 15) is 0 Å². The largest absolute Gasteiger partial charge is 0.154 e. The fourth-order valence-electron chi connectivity index (χ4n) is 3.35. The van der Waals surface area contributed by atoms with Gasteiger partial charge < -0.3 is 0 Å². The van der Waals surface area contributed by atoms with E-state index >= 15 is 0 Å². The highest BCUT2D eigenvalue weighted by Gasteiger charge is 2.08. The highest BCUT2D eigenvalue weighted by molar-refractivity contribution is 6.04. The Hall–Kier alpha value is -3.78. The van der Waals surface area contributed by atoms with E-state index in [-0.39, 0.29) is 0 Å². The Kier molecular flexibility index (Phi) is 6.59. The zero-order valence-electron chi connectivity index (χ0n) is 16.9. The van der Waals surface area contributed by atoms with E-state index in [2.05, 4.69) is 72.8 Å². The van der Waals surface area contributed by atoms with Gasteiger partial charge in [-0.2, -0.15) is 10.2 Å².